The highest BCUT2D eigenvalue weighted by Gasteiger charge is 2.09. The molecule has 4 N–H and O–H groups in total. The third kappa shape index (κ3) is 4.34. The van der Waals surface area contributed by atoms with E-state index in [-0.39, 0.29) is 23.9 Å². The van der Waals surface area contributed by atoms with Crippen LogP contribution in [0.4, 0.5) is 11.5 Å². The van der Waals surface area contributed by atoms with E-state index in [4.69, 9.17) is 15.6 Å². The summed E-state index contributed by atoms with van der Waals surface area (Å²) in [5.74, 6) is -0.400. The topological polar surface area (TPSA) is 97.5 Å². The molecule has 0 aliphatic carbocycles. The molecular weight excluding hydrogens is 294 g/mol. The van der Waals surface area contributed by atoms with Gasteiger partial charge in [-0.25, -0.2) is 4.79 Å². The molecule has 1 aromatic carbocycles. The summed E-state index contributed by atoms with van der Waals surface area (Å²) in [5, 5.41) is 12.1. The van der Waals surface area contributed by atoms with Crippen LogP contribution in [0.5, 0.6) is 5.88 Å². The number of nitrogens with zero attached hydrogens (tertiary/aromatic N) is 1. The van der Waals surface area contributed by atoms with Gasteiger partial charge < -0.3 is 20.9 Å². The Morgan fingerprint density at radius 1 is 1.38 bits per heavy atom. The number of carbonyl (C=O) groups is 1. The highest BCUT2D eigenvalue weighted by Crippen LogP contribution is 2.20. The molecule has 112 valence electrons. The smallest absolute Gasteiger partial charge is 0.336 e. The van der Waals surface area contributed by atoms with Crippen LogP contribution < -0.4 is 15.8 Å². The van der Waals surface area contributed by atoms with E-state index in [0.29, 0.717) is 12.4 Å². The van der Waals surface area contributed by atoms with Crippen molar-refractivity contribution in [2.24, 2.45) is 5.73 Å². The number of nitrogens with one attached hydrogen (secondary N) is 1. The molecule has 7 heteroatoms. The highest BCUT2D eigenvalue weighted by molar-refractivity contribution is 5.89. The Labute approximate surface area is 128 Å². The van der Waals surface area contributed by atoms with Crippen LogP contribution in [0.3, 0.4) is 0 Å². The molecule has 0 saturated carbocycles. The molecule has 0 fully saturated rings. The molecule has 0 unspecified atom stereocenters. The van der Waals surface area contributed by atoms with Gasteiger partial charge in [0.1, 0.15) is 5.82 Å². The van der Waals surface area contributed by atoms with Crippen LogP contribution in [0.1, 0.15) is 15.9 Å². The maximum atomic E-state index is 11.0. The minimum Gasteiger partial charge on any atom is -0.481 e. The molecule has 0 aliphatic heterocycles. The van der Waals surface area contributed by atoms with Crippen LogP contribution in [0.2, 0.25) is 0 Å². The van der Waals surface area contributed by atoms with E-state index in [1.807, 2.05) is 24.3 Å². The van der Waals surface area contributed by atoms with Crippen molar-refractivity contribution < 1.29 is 14.6 Å². The third-order valence-corrected chi connectivity index (χ3v) is 2.69. The second-order valence-corrected chi connectivity index (χ2v) is 4.12. The molecule has 21 heavy (non-hydrogen) atoms. The van der Waals surface area contributed by atoms with Gasteiger partial charge in [-0.2, -0.15) is 4.98 Å². The second kappa shape index (κ2) is 7.47. The molecule has 0 bridgehead atoms. The average molecular weight is 310 g/mol. The van der Waals surface area contributed by atoms with E-state index in [1.54, 1.807) is 0 Å². The van der Waals surface area contributed by atoms with Crippen molar-refractivity contribution >= 4 is 29.9 Å². The summed E-state index contributed by atoms with van der Waals surface area (Å²) in [6.07, 6.45) is 0. The van der Waals surface area contributed by atoms with E-state index in [9.17, 15) is 4.79 Å². The maximum Gasteiger partial charge on any atom is 0.336 e. The van der Waals surface area contributed by atoms with Crippen molar-refractivity contribution in [3.8, 4) is 5.88 Å². The Morgan fingerprint density at radius 3 is 2.76 bits per heavy atom. The molecule has 0 amide bonds. The van der Waals surface area contributed by atoms with Crippen LogP contribution in [0.25, 0.3) is 0 Å². The zero-order valence-electron chi connectivity index (χ0n) is 11.4. The fraction of sp³-hybridized carbons (Fsp3) is 0.143. The largest absolute Gasteiger partial charge is 0.481 e. The highest BCUT2D eigenvalue weighted by atomic mass is 35.5. The van der Waals surface area contributed by atoms with Crippen molar-refractivity contribution in [1.29, 1.82) is 0 Å². The number of ether oxygens (including phenoxy) is 1. The predicted octanol–water partition coefficient (Wildman–Crippen LogP) is 2.41. The quantitative estimate of drug-likeness (QED) is 0.784. The first kappa shape index (κ1) is 16.7. The van der Waals surface area contributed by atoms with E-state index in [0.717, 1.165) is 11.3 Å². The summed E-state index contributed by atoms with van der Waals surface area (Å²) in [6, 6.07) is 10.3. The Balaban J connectivity index is 0.00000220. The van der Waals surface area contributed by atoms with Crippen molar-refractivity contribution in [1.82, 2.24) is 4.98 Å². The van der Waals surface area contributed by atoms with E-state index >= 15 is 0 Å². The van der Waals surface area contributed by atoms with Gasteiger partial charge in [0.05, 0.1) is 12.7 Å². The number of rotatable bonds is 5. The number of carboxylic acid groups (broad SMARTS) is 1. The molecule has 0 saturated heterocycles. The third-order valence-electron chi connectivity index (χ3n) is 2.69. The lowest BCUT2D eigenvalue weighted by Crippen LogP contribution is -2.03. The zero-order valence-corrected chi connectivity index (χ0v) is 12.2. The second-order valence-electron chi connectivity index (χ2n) is 4.12. The van der Waals surface area contributed by atoms with Gasteiger partial charge in [0, 0.05) is 18.3 Å². The Bertz CT molecular complexity index is 635. The van der Waals surface area contributed by atoms with Crippen LogP contribution >= 0.6 is 12.4 Å². The van der Waals surface area contributed by atoms with Gasteiger partial charge in [0.2, 0.25) is 5.88 Å². The summed E-state index contributed by atoms with van der Waals surface area (Å²) < 4.78 is 4.99. The molecule has 2 aromatic rings. The molecule has 1 aromatic heterocycles. The minimum atomic E-state index is -1.04. The van der Waals surface area contributed by atoms with Crippen molar-refractivity contribution in [2.45, 2.75) is 6.54 Å². The number of benzene rings is 1. The fourth-order valence-corrected chi connectivity index (χ4v) is 1.72. The SMILES string of the molecule is COc1cc(C(=O)O)cc(Nc2cccc(CN)c2)n1.Cl. The molecule has 0 atom stereocenters. The van der Waals surface area contributed by atoms with Crippen molar-refractivity contribution in [2.75, 3.05) is 12.4 Å². The number of halogens is 1. The molecule has 0 radical (unpaired) electrons. The van der Waals surface area contributed by atoms with Gasteiger partial charge in [0.15, 0.2) is 0 Å². The Kier molecular flexibility index (Phi) is 5.95. The monoisotopic (exact) mass is 309 g/mol. The number of aromatic nitrogens is 1. The van der Waals surface area contributed by atoms with E-state index in [1.165, 1.54) is 19.2 Å². The fourth-order valence-electron chi connectivity index (χ4n) is 1.72. The number of pyridine rings is 1. The van der Waals surface area contributed by atoms with Crippen LogP contribution in [0, 0.1) is 0 Å². The lowest BCUT2D eigenvalue weighted by atomic mass is 10.2. The van der Waals surface area contributed by atoms with Crippen LogP contribution in [0.15, 0.2) is 36.4 Å². The van der Waals surface area contributed by atoms with Gasteiger partial charge in [0.25, 0.3) is 0 Å². The van der Waals surface area contributed by atoms with Gasteiger partial charge in [-0.1, -0.05) is 12.1 Å². The number of hydrogen-bond donors (Lipinski definition) is 3. The van der Waals surface area contributed by atoms with Gasteiger partial charge in [-0.15, -0.1) is 12.4 Å². The molecule has 6 nitrogen and oxygen atoms in total. The van der Waals surface area contributed by atoms with Gasteiger partial charge in [-0.3, -0.25) is 0 Å². The maximum absolute atomic E-state index is 11.0. The normalized spacial score (nSPS) is 9.62. The first-order valence-electron chi connectivity index (χ1n) is 5.98. The van der Waals surface area contributed by atoms with Crippen LogP contribution in [-0.2, 0) is 6.54 Å². The number of carboxylic acids is 1. The predicted molar refractivity (Wildman–Crippen MR) is 82.6 cm³/mol. The van der Waals surface area contributed by atoms with Crippen LogP contribution in [-0.4, -0.2) is 23.2 Å². The number of nitrogens with two attached hydrogens (primary N) is 1. The number of methoxy groups -OCH3 is 1. The summed E-state index contributed by atoms with van der Waals surface area (Å²) in [5.41, 5.74) is 7.44. The average Bonchev–Trinajstić information content (AvgIpc) is 2.47. The lowest BCUT2D eigenvalue weighted by Gasteiger charge is -2.09. The number of hydrogen-bond acceptors (Lipinski definition) is 5. The van der Waals surface area contributed by atoms with Crippen molar-refractivity contribution in [3.05, 3.63) is 47.5 Å². The van der Waals surface area contributed by atoms with Gasteiger partial charge >= 0.3 is 5.97 Å². The standard InChI is InChI=1S/C14H15N3O3.ClH/c1-20-13-7-10(14(18)19)6-12(17-13)16-11-4-2-3-9(5-11)8-15;/h2-7H,8,15H2,1H3,(H,16,17)(H,18,19);1H. The molecule has 1 heterocycles. The Morgan fingerprint density at radius 2 is 2.14 bits per heavy atom. The summed E-state index contributed by atoms with van der Waals surface area (Å²) in [6.45, 7) is 0.432. The molecule has 0 spiro atoms. The zero-order chi connectivity index (χ0) is 14.5. The Hall–Kier alpha value is -2.31. The van der Waals surface area contributed by atoms with Crippen molar-refractivity contribution in [3.63, 3.8) is 0 Å². The summed E-state index contributed by atoms with van der Waals surface area (Å²) in [4.78, 5) is 15.2. The number of aromatic carboxylic acids is 1. The molecular formula is C14H16ClN3O3. The first-order chi connectivity index (χ1) is 9.62. The summed E-state index contributed by atoms with van der Waals surface area (Å²) in [7, 11) is 1.44. The first-order valence-corrected chi connectivity index (χ1v) is 5.98. The van der Waals surface area contributed by atoms with E-state index in [2.05, 4.69) is 10.3 Å². The lowest BCUT2D eigenvalue weighted by molar-refractivity contribution is 0.0696. The number of anilines is 2. The van der Waals surface area contributed by atoms with E-state index < -0.39 is 5.97 Å². The molecule has 2 rings (SSSR count). The minimum absolute atomic E-state index is 0. The summed E-state index contributed by atoms with van der Waals surface area (Å²) >= 11 is 0. The van der Waals surface area contributed by atoms with Gasteiger partial charge in [-0.05, 0) is 23.8 Å². The molecule has 0 aliphatic rings.